The number of carbonyl (C=O) groups is 4. The summed E-state index contributed by atoms with van der Waals surface area (Å²) < 4.78 is 30.7. The van der Waals surface area contributed by atoms with Crippen molar-refractivity contribution in [3.63, 3.8) is 0 Å². The summed E-state index contributed by atoms with van der Waals surface area (Å²) in [4.78, 5) is 48.1. The number of carboxylic acids is 1. The van der Waals surface area contributed by atoms with Crippen LogP contribution in [0.15, 0.2) is 18.2 Å². The Morgan fingerprint density at radius 2 is 1.26 bits per heavy atom. The summed E-state index contributed by atoms with van der Waals surface area (Å²) in [5, 5.41) is 9.65. The van der Waals surface area contributed by atoms with Crippen molar-refractivity contribution < 1.29 is 52.7 Å². The van der Waals surface area contributed by atoms with Crippen LogP contribution in [0.3, 0.4) is 0 Å². The van der Waals surface area contributed by atoms with Gasteiger partial charge in [-0.1, -0.05) is 53.0 Å². The molecule has 0 fully saturated rings. The van der Waals surface area contributed by atoms with E-state index < -0.39 is 42.3 Å². The maximum atomic E-state index is 12.3. The van der Waals surface area contributed by atoms with E-state index in [0.29, 0.717) is 24.8 Å². The smallest absolute Gasteiger partial charge is 0.480 e. The zero-order chi connectivity index (χ0) is 29.2. The number of benzene rings is 1. The second-order valence-electron chi connectivity index (χ2n) is 8.94. The molecule has 0 saturated carbocycles. The molecule has 1 aromatic rings. The molecule has 39 heavy (non-hydrogen) atoms. The fourth-order valence-electron chi connectivity index (χ4n) is 3.42. The molecule has 0 aliphatic carbocycles. The normalized spacial score (nSPS) is 12.9. The summed E-state index contributed by atoms with van der Waals surface area (Å²) in [7, 11) is 0. The fraction of sp³-hybridized carbons (Fsp3) is 0.630. The van der Waals surface area contributed by atoms with Gasteiger partial charge in [0.1, 0.15) is 6.04 Å². The van der Waals surface area contributed by atoms with Gasteiger partial charge in [0, 0.05) is 5.92 Å². The van der Waals surface area contributed by atoms with Crippen LogP contribution in [0.2, 0.25) is 0 Å². The molecule has 12 nitrogen and oxygen atoms in total. The molecule has 3 atom stereocenters. The third kappa shape index (κ3) is 12.7. The summed E-state index contributed by atoms with van der Waals surface area (Å²) in [6, 6.07) is 2.74. The molecule has 0 bridgehead atoms. The Morgan fingerprint density at radius 1 is 0.769 bits per heavy atom. The minimum atomic E-state index is -1.41. The van der Waals surface area contributed by atoms with Crippen molar-refractivity contribution in [2.24, 2.45) is 11.7 Å². The van der Waals surface area contributed by atoms with E-state index in [0.717, 1.165) is 19.3 Å². The molecule has 0 spiro atoms. The van der Waals surface area contributed by atoms with Gasteiger partial charge in [0.2, 0.25) is 0 Å². The van der Waals surface area contributed by atoms with E-state index in [4.69, 9.17) is 34.2 Å². The Labute approximate surface area is 229 Å². The monoisotopic (exact) mass is 555 g/mol. The quantitative estimate of drug-likeness (QED) is 0.109. The molecule has 0 aromatic heterocycles. The van der Waals surface area contributed by atoms with Crippen LogP contribution < -0.4 is 15.2 Å². The van der Waals surface area contributed by atoms with Gasteiger partial charge in [-0.2, -0.15) is 0 Å². The van der Waals surface area contributed by atoms with Crippen molar-refractivity contribution in [2.75, 3.05) is 26.4 Å². The van der Waals surface area contributed by atoms with E-state index in [2.05, 4.69) is 0 Å². The number of hydrogen-bond donors (Lipinski definition) is 2. The maximum absolute atomic E-state index is 12.3. The molecule has 12 heteroatoms. The highest BCUT2D eigenvalue weighted by atomic mass is 16.7. The van der Waals surface area contributed by atoms with Crippen molar-refractivity contribution in [1.29, 1.82) is 0 Å². The Balaban J connectivity index is 3.22. The minimum absolute atomic E-state index is 0.125. The largest absolute Gasteiger partial charge is 0.513 e. The number of carbonyl (C=O) groups excluding carboxylic acids is 3. The first-order chi connectivity index (χ1) is 18.6. The first-order valence-corrected chi connectivity index (χ1v) is 13.3. The van der Waals surface area contributed by atoms with Crippen LogP contribution >= 0.6 is 0 Å². The molecule has 0 radical (unpaired) electrons. The number of carboxylic acid groups (broad SMARTS) is 1. The number of rotatable bonds is 17. The molecule has 0 aliphatic rings. The molecule has 0 heterocycles. The van der Waals surface area contributed by atoms with E-state index in [1.807, 2.05) is 20.8 Å². The lowest BCUT2D eigenvalue weighted by Gasteiger charge is -2.27. The summed E-state index contributed by atoms with van der Waals surface area (Å²) >= 11 is 0. The second-order valence-corrected chi connectivity index (χ2v) is 8.94. The molecule has 3 N–H and O–H groups in total. The van der Waals surface area contributed by atoms with Gasteiger partial charge in [0.15, 0.2) is 11.5 Å². The van der Waals surface area contributed by atoms with Crippen LogP contribution in [0, 0.1) is 5.92 Å². The summed E-state index contributed by atoms with van der Waals surface area (Å²) in [6.45, 7) is 7.76. The Bertz CT molecular complexity index is 921. The highest BCUT2D eigenvalue weighted by Gasteiger charge is 2.33. The number of unbranched alkanes of at least 4 members (excludes halogenated alkanes) is 3. The van der Waals surface area contributed by atoms with Crippen LogP contribution in [0.5, 0.6) is 11.5 Å². The fourth-order valence-corrected chi connectivity index (χ4v) is 3.42. The van der Waals surface area contributed by atoms with Crippen LogP contribution in [0.25, 0.3) is 0 Å². The third-order valence-electron chi connectivity index (χ3n) is 5.64. The molecule has 1 aromatic carbocycles. The van der Waals surface area contributed by atoms with E-state index in [1.165, 1.54) is 18.2 Å². The average molecular weight is 556 g/mol. The van der Waals surface area contributed by atoms with Crippen LogP contribution in [-0.4, -0.2) is 62.0 Å². The van der Waals surface area contributed by atoms with E-state index >= 15 is 0 Å². The van der Waals surface area contributed by atoms with Crippen molar-refractivity contribution in [1.82, 2.24) is 0 Å². The van der Waals surface area contributed by atoms with E-state index in [9.17, 15) is 24.3 Å². The molecule has 1 rings (SSSR count). The maximum Gasteiger partial charge on any atom is 0.513 e. The molecule has 2 unspecified atom stereocenters. The number of aliphatic carboxylic acids is 1. The predicted molar refractivity (Wildman–Crippen MR) is 140 cm³/mol. The average Bonchev–Trinajstić information content (AvgIpc) is 2.89. The zero-order valence-corrected chi connectivity index (χ0v) is 23.1. The predicted octanol–water partition coefficient (Wildman–Crippen LogP) is 5.40. The zero-order valence-electron chi connectivity index (χ0n) is 23.1. The van der Waals surface area contributed by atoms with Gasteiger partial charge in [-0.15, -0.1) is 0 Å². The Morgan fingerprint density at radius 3 is 1.74 bits per heavy atom. The van der Waals surface area contributed by atoms with Crippen LogP contribution in [-0.2, 0) is 23.7 Å². The summed E-state index contributed by atoms with van der Waals surface area (Å²) in [5.74, 6) is -3.12. The van der Waals surface area contributed by atoms with Gasteiger partial charge >= 0.3 is 24.4 Å². The van der Waals surface area contributed by atoms with Crippen LogP contribution in [0.1, 0.15) is 77.7 Å². The van der Waals surface area contributed by atoms with Gasteiger partial charge in [0.25, 0.3) is 0 Å². The standard InChI is InChI=1S/C27H41NO11/c1-5-8-13-34-25(31)37-17-18(4)22(23(28)24(29)30)19-11-12-20(38-26(32)35-14-9-6-2)21(16-19)39-27(33)36-15-10-7-3/h11-12,16,18,22-23H,5-10,13-15,17,28H2,1-4H3,(H,29,30)/t18?,22?,23-/m0/s1. The molecule has 0 saturated heterocycles. The first kappa shape index (κ1) is 33.5. The molecule has 220 valence electrons. The number of hydrogen-bond acceptors (Lipinski definition) is 11. The third-order valence-corrected chi connectivity index (χ3v) is 5.64. The lowest BCUT2D eigenvalue weighted by molar-refractivity contribution is -0.139. The molecule has 0 amide bonds. The second kappa shape index (κ2) is 18.7. The number of ether oxygens (including phenoxy) is 6. The van der Waals surface area contributed by atoms with Crippen molar-refractivity contribution in [2.45, 2.75) is 78.2 Å². The Hall–Kier alpha value is -3.54. The topological polar surface area (TPSA) is 170 Å². The van der Waals surface area contributed by atoms with Gasteiger partial charge in [-0.25, -0.2) is 14.4 Å². The lowest BCUT2D eigenvalue weighted by Crippen LogP contribution is -2.40. The van der Waals surface area contributed by atoms with Crippen molar-refractivity contribution >= 4 is 24.4 Å². The van der Waals surface area contributed by atoms with Crippen LogP contribution in [0.4, 0.5) is 14.4 Å². The molecule has 0 aliphatic heterocycles. The van der Waals surface area contributed by atoms with Gasteiger partial charge in [-0.3, -0.25) is 4.79 Å². The van der Waals surface area contributed by atoms with Gasteiger partial charge in [-0.05, 0) is 42.9 Å². The van der Waals surface area contributed by atoms with Crippen molar-refractivity contribution in [3.8, 4) is 11.5 Å². The first-order valence-electron chi connectivity index (χ1n) is 13.3. The minimum Gasteiger partial charge on any atom is -0.480 e. The van der Waals surface area contributed by atoms with Crippen molar-refractivity contribution in [3.05, 3.63) is 23.8 Å². The summed E-state index contributed by atoms with van der Waals surface area (Å²) in [5.41, 5.74) is 6.34. The number of nitrogens with two attached hydrogens (primary N) is 1. The Kier molecular flexibility index (Phi) is 16.0. The highest BCUT2D eigenvalue weighted by molar-refractivity contribution is 5.75. The van der Waals surface area contributed by atoms with E-state index in [1.54, 1.807) is 6.92 Å². The molecular formula is C27H41NO11. The van der Waals surface area contributed by atoms with E-state index in [-0.39, 0.29) is 37.9 Å². The molecular weight excluding hydrogens is 514 g/mol. The highest BCUT2D eigenvalue weighted by Crippen LogP contribution is 2.36. The summed E-state index contributed by atoms with van der Waals surface area (Å²) in [6.07, 6.45) is 1.48. The SMILES string of the molecule is CCCCOC(=O)OCC(C)C(c1ccc(OC(=O)OCCCC)c(OC(=O)OCCCC)c1)[C@H](N)C(=O)O. The van der Waals surface area contributed by atoms with Gasteiger partial charge in [0.05, 0.1) is 26.4 Å². The lowest BCUT2D eigenvalue weighted by atomic mass is 9.82. The van der Waals surface area contributed by atoms with Gasteiger partial charge < -0.3 is 39.3 Å².